The lowest BCUT2D eigenvalue weighted by Crippen LogP contribution is -2.20. The summed E-state index contributed by atoms with van der Waals surface area (Å²) in [5.74, 6) is -0.839. The van der Waals surface area contributed by atoms with Crippen molar-refractivity contribution in [3.8, 4) is 5.75 Å². The summed E-state index contributed by atoms with van der Waals surface area (Å²) in [5, 5.41) is 19.0. The number of nitrogens with one attached hydrogen (secondary N) is 1. The fourth-order valence-corrected chi connectivity index (χ4v) is 2.66. The van der Waals surface area contributed by atoms with E-state index in [1.807, 2.05) is 0 Å². The first-order valence-electron chi connectivity index (χ1n) is 7.08. The van der Waals surface area contributed by atoms with E-state index < -0.39 is 38.0 Å². The number of benzene rings is 2. The van der Waals surface area contributed by atoms with Crippen LogP contribution in [0.25, 0.3) is 0 Å². The van der Waals surface area contributed by atoms with Crippen LogP contribution in [0.5, 0.6) is 5.75 Å². The minimum Gasteiger partial charge on any atom is -0.477 e. The van der Waals surface area contributed by atoms with Gasteiger partial charge >= 0.3 is 5.69 Å². The Morgan fingerprint density at radius 3 is 2.58 bits per heavy atom. The molecule has 0 aliphatic carbocycles. The maximum absolute atomic E-state index is 11.9. The second-order valence-electron chi connectivity index (χ2n) is 5.23. The zero-order valence-corrected chi connectivity index (χ0v) is 15.0. The van der Waals surface area contributed by atoms with E-state index in [1.165, 1.54) is 0 Å². The van der Waals surface area contributed by atoms with Crippen molar-refractivity contribution in [3.05, 3.63) is 57.1 Å². The standard InChI is InChI=1S/C15H14ClN3O6S/c1-9-2-3-10(6-12(9)16)18-15(20)8-25-14-5-4-11(26(17,23)24)7-13(14)19(21)22/h2-7H,8H2,1H3,(H,18,20)(H2,17,23,24). The molecule has 0 saturated carbocycles. The summed E-state index contributed by atoms with van der Waals surface area (Å²) in [6, 6.07) is 7.79. The maximum atomic E-state index is 11.9. The Labute approximate surface area is 153 Å². The van der Waals surface area contributed by atoms with E-state index in [1.54, 1.807) is 25.1 Å². The van der Waals surface area contributed by atoms with Gasteiger partial charge in [0.05, 0.1) is 9.82 Å². The number of amides is 1. The molecular formula is C15H14ClN3O6S. The Balaban J connectivity index is 2.11. The molecular weight excluding hydrogens is 386 g/mol. The predicted octanol–water partition coefficient (Wildman–Crippen LogP) is 2.22. The molecule has 2 aromatic rings. The number of hydrogen-bond acceptors (Lipinski definition) is 6. The number of nitrogens with two attached hydrogens (primary N) is 1. The number of rotatable bonds is 6. The lowest BCUT2D eigenvalue weighted by Gasteiger charge is -2.09. The molecule has 0 radical (unpaired) electrons. The SMILES string of the molecule is Cc1ccc(NC(=O)COc2ccc(S(N)(=O)=O)cc2[N+](=O)[O-])cc1Cl. The highest BCUT2D eigenvalue weighted by atomic mass is 35.5. The van der Waals surface area contributed by atoms with E-state index >= 15 is 0 Å². The van der Waals surface area contributed by atoms with E-state index in [0.29, 0.717) is 10.7 Å². The number of carbonyl (C=O) groups is 1. The summed E-state index contributed by atoms with van der Waals surface area (Å²) in [7, 11) is -4.11. The van der Waals surface area contributed by atoms with Crippen molar-refractivity contribution in [2.45, 2.75) is 11.8 Å². The highest BCUT2D eigenvalue weighted by Gasteiger charge is 2.21. The average Bonchev–Trinajstić information content (AvgIpc) is 2.55. The smallest absolute Gasteiger partial charge is 0.312 e. The van der Waals surface area contributed by atoms with Gasteiger partial charge in [0.15, 0.2) is 12.4 Å². The summed E-state index contributed by atoms with van der Waals surface area (Å²) in [6.07, 6.45) is 0. The molecule has 11 heteroatoms. The van der Waals surface area contributed by atoms with Crippen molar-refractivity contribution in [1.82, 2.24) is 0 Å². The minimum absolute atomic E-state index is 0.264. The number of nitrogens with zero attached hydrogens (tertiary/aromatic N) is 1. The normalized spacial score (nSPS) is 11.0. The van der Waals surface area contributed by atoms with Gasteiger partial charge in [-0.3, -0.25) is 14.9 Å². The van der Waals surface area contributed by atoms with Gasteiger partial charge in [0, 0.05) is 16.8 Å². The summed E-state index contributed by atoms with van der Waals surface area (Å²) in [5.41, 5.74) is 0.655. The first kappa shape index (κ1) is 19.6. The molecule has 3 N–H and O–H groups in total. The molecule has 0 saturated heterocycles. The molecule has 0 atom stereocenters. The molecule has 2 aromatic carbocycles. The van der Waals surface area contributed by atoms with E-state index in [9.17, 15) is 23.3 Å². The molecule has 0 bridgehead atoms. The molecule has 9 nitrogen and oxygen atoms in total. The Hall–Kier alpha value is -2.69. The van der Waals surface area contributed by atoms with Gasteiger partial charge in [0.1, 0.15) is 0 Å². The molecule has 2 rings (SSSR count). The number of nitro benzene ring substituents is 1. The van der Waals surface area contributed by atoms with Crippen molar-refractivity contribution >= 4 is 38.9 Å². The first-order chi connectivity index (χ1) is 12.1. The molecule has 0 heterocycles. The maximum Gasteiger partial charge on any atom is 0.312 e. The number of carbonyl (C=O) groups excluding carboxylic acids is 1. The zero-order valence-electron chi connectivity index (χ0n) is 13.4. The van der Waals surface area contributed by atoms with E-state index in [-0.39, 0.29) is 5.75 Å². The number of hydrogen-bond donors (Lipinski definition) is 2. The number of aryl methyl sites for hydroxylation is 1. The van der Waals surface area contributed by atoms with Crippen LogP contribution in [0.4, 0.5) is 11.4 Å². The Bertz CT molecular complexity index is 977. The highest BCUT2D eigenvalue weighted by Crippen LogP contribution is 2.29. The lowest BCUT2D eigenvalue weighted by molar-refractivity contribution is -0.386. The second kappa shape index (κ2) is 7.68. The van der Waals surface area contributed by atoms with Crippen LogP contribution >= 0.6 is 11.6 Å². The van der Waals surface area contributed by atoms with Gasteiger partial charge in [0.2, 0.25) is 10.0 Å². The van der Waals surface area contributed by atoms with Crippen LogP contribution in [0.3, 0.4) is 0 Å². The van der Waals surface area contributed by atoms with Crippen molar-refractivity contribution < 1.29 is 22.9 Å². The minimum atomic E-state index is -4.11. The molecule has 0 spiro atoms. The topological polar surface area (TPSA) is 142 Å². The van der Waals surface area contributed by atoms with E-state index in [2.05, 4.69) is 5.32 Å². The average molecular weight is 400 g/mol. The first-order valence-corrected chi connectivity index (χ1v) is 9.00. The number of nitro groups is 1. The van der Waals surface area contributed by atoms with Crippen LogP contribution in [0.15, 0.2) is 41.3 Å². The zero-order chi connectivity index (χ0) is 19.5. The van der Waals surface area contributed by atoms with Crippen molar-refractivity contribution in [3.63, 3.8) is 0 Å². The van der Waals surface area contributed by atoms with Crippen molar-refractivity contribution in [2.75, 3.05) is 11.9 Å². The van der Waals surface area contributed by atoms with Gasteiger partial charge in [-0.2, -0.15) is 0 Å². The monoisotopic (exact) mass is 399 g/mol. The van der Waals surface area contributed by atoms with E-state index in [4.69, 9.17) is 21.5 Å². The van der Waals surface area contributed by atoms with Crippen molar-refractivity contribution in [1.29, 1.82) is 0 Å². The van der Waals surface area contributed by atoms with Gasteiger partial charge in [-0.15, -0.1) is 0 Å². The van der Waals surface area contributed by atoms with Crippen LogP contribution < -0.4 is 15.2 Å². The molecule has 1 amide bonds. The predicted molar refractivity (Wildman–Crippen MR) is 94.8 cm³/mol. The molecule has 0 fully saturated rings. The largest absolute Gasteiger partial charge is 0.477 e. The Kier molecular flexibility index (Phi) is 5.80. The molecule has 0 aromatic heterocycles. The molecule has 26 heavy (non-hydrogen) atoms. The number of sulfonamides is 1. The van der Waals surface area contributed by atoms with Crippen LogP contribution in [0.2, 0.25) is 5.02 Å². The lowest BCUT2D eigenvalue weighted by atomic mass is 10.2. The summed E-state index contributed by atoms with van der Waals surface area (Å²) in [4.78, 5) is 21.7. The molecule has 0 aliphatic rings. The number of primary sulfonamides is 1. The van der Waals surface area contributed by atoms with Crippen LogP contribution in [0.1, 0.15) is 5.56 Å². The summed E-state index contributed by atoms with van der Waals surface area (Å²) >= 11 is 5.96. The quantitative estimate of drug-likeness (QED) is 0.563. The van der Waals surface area contributed by atoms with Crippen LogP contribution in [-0.4, -0.2) is 25.9 Å². The molecule has 138 valence electrons. The third-order valence-electron chi connectivity index (χ3n) is 3.27. The fourth-order valence-electron chi connectivity index (χ4n) is 1.95. The van der Waals surface area contributed by atoms with Crippen LogP contribution in [0, 0.1) is 17.0 Å². The van der Waals surface area contributed by atoms with Gasteiger partial charge in [-0.1, -0.05) is 17.7 Å². The third kappa shape index (κ3) is 4.91. The van der Waals surface area contributed by atoms with Gasteiger partial charge in [-0.25, -0.2) is 13.6 Å². The highest BCUT2D eigenvalue weighted by molar-refractivity contribution is 7.89. The van der Waals surface area contributed by atoms with E-state index in [0.717, 1.165) is 23.8 Å². The Morgan fingerprint density at radius 2 is 2.00 bits per heavy atom. The number of ether oxygens (including phenoxy) is 1. The summed E-state index contributed by atoms with van der Waals surface area (Å²) < 4.78 is 27.7. The van der Waals surface area contributed by atoms with Gasteiger partial charge in [0.25, 0.3) is 5.91 Å². The fraction of sp³-hybridized carbons (Fsp3) is 0.133. The molecule has 0 aliphatic heterocycles. The molecule has 0 unspecified atom stereocenters. The second-order valence-corrected chi connectivity index (χ2v) is 7.20. The number of anilines is 1. The Morgan fingerprint density at radius 1 is 1.31 bits per heavy atom. The van der Waals surface area contributed by atoms with Crippen molar-refractivity contribution in [2.24, 2.45) is 5.14 Å². The third-order valence-corrected chi connectivity index (χ3v) is 4.59. The van der Waals surface area contributed by atoms with Gasteiger partial charge < -0.3 is 10.1 Å². The number of halogens is 1. The van der Waals surface area contributed by atoms with Crippen LogP contribution in [-0.2, 0) is 14.8 Å². The van der Waals surface area contributed by atoms with Gasteiger partial charge in [-0.05, 0) is 36.8 Å². The summed E-state index contributed by atoms with van der Waals surface area (Å²) in [6.45, 7) is 1.28.